The molecule has 0 saturated carbocycles. The van der Waals surface area contributed by atoms with Crippen molar-refractivity contribution in [2.45, 2.75) is 32.5 Å². The molecule has 0 bridgehead atoms. The van der Waals surface area contributed by atoms with E-state index in [0.29, 0.717) is 16.5 Å². The van der Waals surface area contributed by atoms with E-state index < -0.39 is 0 Å². The van der Waals surface area contributed by atoms with Gasteiger partial charge in [0.25, 0.3) is 5.91 Å². The summed E-state index contributed by atoms with van der Waals surface area (Å²) in [5.41, 5.74) is 1.82. The fourth-order valence-corrected chi connectivity index (χ4v) is 2.28. The molecule has 0 radical (unpaired) electrons. The number of amides is 1. The first-order valence-electron chi connectivity index (χ1n) is 6.44. The molecule has 0 aliphatic carbocycles. The fourth-order valence-electron chi connectivity index (χ4n) is 1.65. The number of aromatic nitrogens is 4. The number of anilines is 1. The molecular weight excluding hydrogens is 274 g/mol. The minimum Gasteiger partial charge on any atom is -0.318 e. The van der Waals surface area contributed by atoms with Gasteiger partial charge in [0.05, 0.1) is 11.9 Å². The SMILES string of the molecule is CCSc1nc(C)cc(C(=O)Nc2cnn(CC)c2)n1. The van der Waals surface area contributed by atoms with Gasteiger partial charge in [-0.1, -0.05) is 18.7 Å². The summed E-state index contributed by atoms with van der Waals surface area (Å²) >= 11 is 1.52. The van der Waals surface area contributed by atoms with Gasteiger partial charge in [0, 0.05) is 18.4 Å². The first-order chi connectivity index (χ1) is 9.62. The van der Waals surface area contributed by atoms with Gasteiger partial charge in [-0.2, -0.15) is 5.10 Å². The number of thioether (sulfide) groups is 1. The van der Waals surface area contributed by atoms with Crippen LogP contribution in [0.5, 0.6) is 0 Å². The van der Waals surface area contributed by atoms with E-state index in [1.54, 1.807) is 23.1 Å². The summed E-state index contributed by atoms with van der Waals surface area (Å²) < 4.78 is 1.75. The first kappa shape index (κ1) is 14.5. The van der Waals surface area contributed by atoms with Crippen LogP contribution in [0, 0.1) is 6.92 Å². The zero-order valence-corrected chi connectivity index (χ0v) is 12.6. The largest absolute Gasteiger partial charge is 0.318 e. The van der Waals surface area contributed by atoms with Crippen LogP contribution < -0.4 is 5.32 Å². The molecule has 2 heterocycles. The van der Waals surface area contributed by atoms with Crippen molar-refractivity contribution in [3.63, 3.8) is 0 Å². The van der Waals surface area contributed by atoms with E-state index in [9.17, 15) is 4.79 Å². The highest BCUT2D eigenvalue weighted by atomic mass is 32.2. The number of carbonyl (C=O) groups is 1. The number of nitrogens with one attached hydrogen (secondary N) is 1. The number of hydrogen-bond donors (Lipinski definition) is 1. The third kappa shape index (κ3) is 3.57. The van der Waals surface area contributed by atoms with Crippen molar-refractivity contribution < 1.29 is 4.79 Å². The van der Waals surface area contributed by atoms with Crippen LogP contribution >= 0.6 is 11.8 Å². The van der Waals surface area contributed by atoms with Crippen LogP contribution in [0.4, 0.5) is 5.69 Å². The lowest BCUT2D eigenvalue weighted by atomic mass is 10.3. The normalized spacial score (nSPS) is 10.6. The second-order valence-corrected chi connectivity index (χ2v) is 5.38. The molecule has 0 unspecified atom stereocenters. The van der Waals surface area contributed by atoms with Gasteiger partial charge >= 0.3 is 0 Å². The average Bonchev–Trinajstić information content (AvgIpc) is 2.86. The smallest absolute Gasteiger partial charge is 0.274 e. The second-order valence-electron chi connectivity index (χ2n) is 4.15. The van der Waals surface area contributed by atoms with Crippen LogP contribution in [0.3, 0.4) is 0 Å². The van der Waals surface area contributed by atoms with Gasteiger partial charge in [0.2, 0.25) is 0 Å². The molecule has 2 aromatic heterocycles. The van der Waals surface area contributed by atoms with Crippen molar-refractivity contribution >= 4 is 23.4 Å². The Kier molecular flexibility index (Phi) is 4.73. The van der Waals surface area contributed by atoms with Crippen LogP contribution in [0.2, 0.25) is 0 Å². The zero-order chi connectivity index (χ0) is 14.5. The summed E-state index contributed by atoms with van der Waals surface area (Å²) in [5, 5.41) is 7.53. The Hall–Kier alpha value is -1.89. The van der Waals surface area contributed by atoms with E-state index in [1.165, 1.54) is 11.8 Å². The average molecular weight is 291 g/mol. The molecule has 7 heteroatoms. The van der Waals surface area contributed by atoms with Gasteiger partial charge in [-0.05, 0) is 25.7 Å². The maximum Gasteiger partial charge on any atom is 0.274 e. The molecule has 1 amide bonds. The fraction of sp³-hybridized carbons (Fsp3) is 0.385. The van der Waals surface area contributed by atoms with E-state index in [2.05, 4.69) is 20.4 Å². The molecule has 0 spiro atoms. The molecule has 0 aliphatic rings. The van der Waals surface area contributed by atoms with Crippen LogP contribution in [0.15, 0.2) is 23.6 Å². The van der Waals surface area contributed by atoms with Crippen LogP contribution in [-0.4, -0.2) is 31.4 Å². The lowest BCUT2D eigenvalue weighted by molar-refractivity contribution is 0.102. The van der Waals surface area contributed by atoms with Gasteiger partial charge in [0.15, 0.2) is 5.16 Å². The Labute approximate surface area is 122 Å². The minimum absolute atomic E-state index is 0.246. The lowest BCUT2D eigenvalue weighted by Crippen LogP contribution is -2.14. The third-order valence-corrected chi connectivity index (χ3v) is 3.28. The summed E-state index contributed by atoms with van der Waals surface area (Å²) in [6, 6.07) is 1.68. The van der Waals surface area contributed by atoms with Crippen LogP contribution in [-0.2, 0) is 6.54 Å². The number of rotatable bonds is 5. The quantitative estimate of drug-likeness (QED) is 0.676. The molecule has 20 heavy (non-hydrogen) atoms. The molecule has 2 rings (SSSR count). The van der Waals surface area contributed by atoms with E-state index >= 15 is 0 Å². The summed E-state index contributed by atoms with van der Waals surface area (Å²) in [5.74, 6) is 0.623. The van der Waals surface area contributed by atoms with Crippen molar-refractivity contribution in [2.24, 2.45) is 0 Å². The Morgan fingerprint density at radius 3 is 2.85 bits per heavy atom. The van der Waals surface area contributed by atoms with Gasteiger partial charge in [-0.25, -0.2) is 9.97 Å². The topological polar surface area (TPSA) is 72.7 Å². The monoisotopic (exact) mass is 291 g/mol. The van der Waals surface area contributed by atoms with Gasteiger partial charge in [-0.3, -0.25) is 9.48 Å². The van der Waals surface area contributed by atoms with Crippen molar-refractivity contribution in [3.8, 4) is 0 Å². The highest BCUT2D eigenvalue weighted by Gasteiger charge is 2.11. The van der Waals surface area contributed by atoms with Crippen molar-refractivity contribution in [1.82, 2.24) is 19.7 Å². The second kappa shape index (κ2) is 6.51. The summed E-state index contributed by atoms with van der Waals surface area (Å²) in [7, 11) is 0. The predicted octanol–water partition coefficient (Wildman–Crippen LogP) is 2.37. The molecule has 0 aromatic carbocycles. The van der Waals surface area contributed by atoms with Crippen molar-refractivity contribution in [2.75, 3.05) is 11.1 Å². The van der Waals surface area contributed by atoms with Gasteiger partial charge in [-0.15, -0.1) is 0 Å². The van der Waals surface area contributed by atoms with E-state index in [0.717, 1.165) is 18.0 Å². The maximum absolute atomic E-state index is 12.2. The molecule has 0 saturated heterocycles. The van der Waals surface area contributed by atoms with Crippen LogP contribution in [0.1, 0.15) is 30.0 Å². The summed E-state index contributed by atoms with van der Waals surface area (Å²) in [4.78, 5) is 20.7. The molecule has 6 nitrogen and oxygen atoms in total. The Balaban J connectivity index is 2.15. The molecule has 106 valence electrons. The Bertz CT molecular complexity index is 611. The Morgan fingerprint density at radius 1 is 1.40 bits per heavy atom. The number of hydrogen-bond acceptors (Lipinski definition) is 5. The van der Waals surface area contributed by atoms with Gasteiger partial charge < -0.3 is 5.32 Å². The maximum atomic E-state index is 12.2. The standard InChI is InChI=1S/C13H17N5OS/c1-4-18-8-10(7-14-18)16-12(19)11-6-9(3)15-13(17-11)20-5-2/h6-8H,4-5H2,1-3H3,(H,16,19). The molecule has 0 aliphatic heterocycles. The zero-order valence-electron chi connectivity index (χ0n) is 11.8. The molecule has 1 N–H and O–H groups in total. The highest BCUT2D eigenvalue weighted by molar-refractivity contribution is 7.99. The molecule has 2 aromatic rings. The lowest BCUT2D eigenvalue weighted by Gasteiger charge is -2.05. The number of aryl methyl sites for hydroxylation is 2. The highest BCUT2D eigenvalue weighted by Crippen LogP contribution is 2.14. The van der Waals surface area contributed by atoms with E-state index in [4.69, 9.17) is 0 Å². The first-order valence-corrected chi connectivity index (χ1v) is 7.43. The van der Waals surface area contributed by atoms with E-state index in [-0.39, 0.29) is 5.91 Å². The Morgan fingerprint density at radius 2 is 2.20 bits per heavy atom. The minimum atomic E-state index is -0.246. The number of nitrogens with zero attached hydrogens (tertiary/aromatic N) is 4. The van der Waals surface area contributed by atoms with Crippen molar-refractivity contribution in [3.05, 3.63) is 29.8 Å². The molecule has 0 atom stereocenters. The third-order valence-electron chi connectivity index (χ3n) is 2.55. The van der Waals surface area contributed by atoms with Gasteiger partial charge in [0.1, 0.15) is 5.69 Å². The van der Waals surface area contributed by atoms with Crippen molar-refractivity contribution in [1.29, 1.82) is 0 Å². The van der Waals surface area contributed by atoms with Crippen LogP contribution in [0.25, 0.3) is 0 Å². The van der Waals surface area contributed by atoms with E-state index in [1.807, 2.05) is 20.8 Å². The molecule has 0 fully saturated rings. The number of carbonyl (C=O) groups excluding carboxylic acids is 1. The summed E-state index contributed by atoms with van der Waals surface area (Å²) in [6.45, 7) is 6.63. The predicted molar refractivity (Wildman–Crippen MR) is 79.0 cm³/mol. The molecular formula is C13H17N5OS. The summed E-state index contributed by atoms with van der Waals surface area (Å²) in [6.07, 6.45) is 3.41.